The van der Waals surface area contributed by atoms with Crippen LogP contribution in [0.15, 0.2) is 0 Å². The van der Waals surface area contributed by atoms with Gasteiger partial charge in [0.05, 0.1) is 19.1 Å². The SMILES string of the molecule is COC(=O)C(C)CC(C(C)OC)C(C)(C)C. The van der Waals surface area contributed by atoms with Gasteiger partial charge in [-0.25, -0.2) is 0 Å². The Balaban J connectivity index is 4.62. The molecule has 0 saturated carbocycles. The first-order valence-corrected chi connectivity index (χ1v) is 5.84. The number of carbonyl (C=O) groups excluding carboxylic acids is 1. The zero-order valence-corrected chi connectivity index (χ0v) is 11.7. The highest BCUT2D eigenvalue weighted by Crippen LogP contribution is 2.35. The number of hydrogen-bond acceptors (Lipinski definition) is 3. The third kappa shape index (κ3) is 4.52. The molecule has 3 nitrogen and oxygen atoms in total. The number of ether oxygens (including phenoxy) is 2. The quantitative estimate of drug-likeness (QED) is 0.681. The average molecular weight is 230 g/mol. The van der Waals surface area contributed by atoms with Gasteiger partial charge in [0.15, 0.2) is 0 Å². The predicted molar refractivity (Wildman–Crippen MR) is 65.2 cm³/mol. The topological polar surface area (TPSA) is 35.5 Å². The van der Waals surface area contributed by atoms with E-state index in [1.54, 1.807) is 7.11 Å². The molecule has 0 heterocycles. The van der Waals surface area contributed by atoms with Gasteiger partial charge in [0.2, 0.25) is 0 Å². The molecule has 0 aliphatic heterocycles. The van der Waals surface area contributed by atoms with E-state index in [2.05, 4.69) is 27.7 Å². The molecule has 0 aromatic heterocycles. The summed E-state index contributed by atoms with van der Waals surface area (Å²) in [5.74, 6) is 0.121. The predicted octanol–water partition coefficient (Wildman–Crippen LogP) is 2.88. The van der Waals surface area contributed by atoms with E-state index in [4.69, 9.17) is 9.47 Å². The first-order valence-electron chi connectivity index (χ1n) is 5.84. The average Bonchev–Trinajstić information content (AvgIpc) is 2.21. The molecule has 0 fully saturated rings. The van der Waals surface area contributed by atoms with Crippen molar-refractivity contribution in [2.75, 3.05) is 14.2 Å². The standard InChI is InChI=1S/C13H26O3/c1-9(12(14)16-7)8-11(10(2)15-6)13(3,4)5/h9-11H,8H2,1-7H3. The molecule has 0 aromatic rings. The largest absolute Gasteiger partial charge is 0.469 e. The maximum atomic E-state index is 11.4. The van der Waals surface area contributed by atoms with Crippen LogP contribution < -0.4 is 0 Å². The lowest BCUT2D eigenvalue weighted by molar-refractivity contribution is -0.146. The number of hydrogen-bond donors (Lipinski definition) is 0. The van der Waals surface area contributed by atoms with Gasteiger partial charge < -0.3 is 9.47 Å². The van der Waals surface area contributed by atoms with Crippen molar-refractivity contribution < 1.29 is 14.3 Å². The van der Waals surface area contributed by atoms with Crippen LogP contribution in [0.5, 0.6) is 0 Å². The van der Waals surface area contributed by atoms with Gasteiger partial charge in [-0.3, -0.25) is 4.79 Å². The van der Waals surface area contributed by atoms with Crippen LogP contribution in [0.4, 0.5) is 0 Å². The van der Waals surface area contributed by atoms with Crippen molar-refractivity contribution in [3.8, 4) is 0 Å². The van der Waals surface area contributed by atoms with Crippen molar-refractivity contribution in [1.82, 2.24) is 0 Å². The third-order valence-electron chi connectivity index (χ3n) is 3.26. The highest BCUT2D eigenvalue weighted by molar-refractivity contribution is 5.71. The van der Waals surface area contributed by atoms with Crippen LogP contribution in [0.3, 0.4) is 0 Å². The summed E-state index contributed by atoms with van der Waals surface area (Å²) < 4.78 is 10.2. The van der Waals surface area contributed by atoms with E-state index in [-0.39, 0.29) is 23.4 Å². The van der Waals surface area contributed by atoms with Crippen LogP contribution in [0.1, 0.15) is 41.0 Å². The summed E-state index contributed by atoms with van der Waals surface area (Å²) in [7, 11) is 3.15. The second kappa shape index (κ2) is 6.24. The minimum Gasteiger partial charge on any atom is -0.469 e. The molecule has 3 heteroatoms. The summed E-state index contributed by atoms with van der Waals surface area (Å²) in [6.07, 6.45) is 0.942. The van der Waals surface area contributed by atoms with Gasteiger partial charge in [0.1, 0.15) is 0 Å². The van der Waals surface area contributed by atoms with Gasteiger partial charge in [0, 0.05) is 7.11 Å². The summed E-state index contributed by atoms with van der Waals surface area (Å²) in [6, 6.07) is 0. The fourth-order valence-electron chi connectivity index (χ4n) is 2.09. The number of carbonyl (C=O) groups is 1. The van der Waals surface area contributed by atoms with Crippen molar-refractivity contribution in [1.29, 1.82) is 0 Å². The van der Waals surface area contributed by atoms with E-state index >= 15 is 0 Å². The van der Waals surface area contributed by atoms with Crippen LogP contribution in [0.2, 0.25) is 0 Å². The molecule has 3 unspecified atom stereocenters. The Morgan fingerprint density at radius 3 is 2.00 bits per heavy atom. The summed E-state index contributed by atoms with van der Waals surface area (Å²) in [6.45, 7) is 10.5. The zero-order chi connectivity index (χ0) is 12.9. The lowest BCUT2D eigenvalue weighted by Crippen LogP contribution is -2.34. The summed E-state index contributed by atoms with van der Waals surface area (Å²) >= 11 is 0. The first kappa shape index (κ1) is 15.4. The molecule has 0 saturated heterocycles. The zero-order valence-electron chi connectivity index (χ0n) is 11.7. The normalized spacial score (nSPS) is 17.7. The smallest absolute Gasteiger partial charge is 0.308 e. The lowest BCUT2D eigenvalue weighted by Gasteiger charge is -2.36. The van der Waals surface area contributed by atoms with E-state index in [0.717, 1.165) is 6.42 Å². The molecule has 0 aromatic carbocycles. The molecule has 0 spiro atoms. The second-order valence-corrected chi connectivity index (χ2v) is 5.57. The minimum absolute atomic E-state index is 0.0770. The van der Waals surface area contributed by atoms with E-state index in [9.17, 15) is 4.79 Å². The summed E-state index contributed by atoms with van der Waals surface area (Å²) in [5, 5.41) is 0. The molecule has 0 amide bonds. The molecule has 96 valence electrons. The third-order valence-corrected chi connectivity index (χ3v) is 3.26. The Morgan fingerprint density at radius 2 is 1.69 bits per heavy atom. The van der Waals surface area contributed by atoms with Crippen LogP contribution in [-0.2, 0) is 14.3 Å². The van der Waals surface area contributed by atoms with Gasteiger partial charge >= 0.3 is 5.97 Å². The highest BCUT2D eigenvalue weighted by Gasteiger charge is 2.32. The Bertz CT molecular complexity index is 218. The number of esters is 1. The molecule has 0 aliphatic carbocycles. The highest BCUT2D eigenvalue weighted by atomic mass is 16.5. The Labute approximate surface area is 99.5 Å². The summed E-state index contributed by atoms with van der Waals surface area (Å²) in [5.41, 5.74) is 0.123. The van der Waals surface area contributed by atoms with Gasteiger partial charge in [-0.05, 0) is 24.7 Å². The fraction of sp³-hybridized carbons (Fsp3) is 0.923. The van der Waals surface area contributed by atoms with Crippen molar-refractivity contribution in [3.05, 3.63) is 0 Å². The Kier molecular flexibility index (Phi) is 6.01. The minimum atomic E-state index is -0.141. The van der Waals surface area contributed by atoms with Crippen molar-refractivity contribution in [2.24, 2.45) is 17.3 Å². The molecule has 0 rings (SSSR count). The molecule has 0 bridgehead atoms. The Hall–Kier alpha value is -0.570. The van der Waals surface area contributed by atoms with E-state index < -0.39 is 0 Å². The van der Waals surface area contributed by atoms with E-state index in [1.807, 2.05) is 6.92 Å². The number of rotatable bonds is 5. The maximum absolute atomic E-state index is 11.4. The monoisotopic (exact) mass is 230 g/mol. The molecule has 16 heavy (non-hydrogen) atoms. The van der Waals surface area contributed by atoms with Crippen LogP contribution in [-0.4, -0.2) is 26.3 Å². The maximum Gasteiger partial charge on any atom is 0.308 e. The molecule has 0 N–H and O–H groups in total. The molecule has 0 aliphatic rings. The van der Waals surface area contributed by atoms with Crippen LogP contribution in [0, 0.1) is 17.3 Å². The second-order valence-electron chi connectivity index (χ2n) is 5.57. The first-order chi connectivity index (χ1) is 7.23. The van der Waals surface area contributed by atoms with Gasteiger partial charge in [-0.1, -0.05) is 27.7 Å². The van der Waals surface area contributed by atoms with Gasteiger partial charge in [-0.15, -0.1) is 0 Å². The van der Waals surface area contributed by atoms with Crippen molar-refractivity contribution in [3.63, 3.8) is 0 Å². The van der Waals surface area contributed by atoms with Crippen molar-refractivity contribution in [2.45, 2.75) is 47.1 Å². The fourth-order valence-corrected chi connectivity index (χ4v) is 2.09. The molecule has 3 atom stereocenters. The molecular weight excluding hydrogens is 204 g/mol. The van der Waals surface area contributed by atoms with Crippen LogP contribution >= 0.6 is 0 Å². The van der Waals surface area contributed by atoms with Crippen molar-refractivity contribution >= 4 is 5.97 Å². The van der Waals surface area contributed by atoms with Gasteiger partial charge in [0.25, 0.3) is 0 Å². The lowest BCUT2D eigenvalue weighted by atomic mass is 9.73. The van der Waals surface area contributed by atoms with Crippen LogP contribution in [0.25, 0.3) is 0 Å². The molecule has 0 radical (unpaired) electrons. The summed E-state index contributed by atoms with van der Waals surface area (Å²) in [4.78, 5) is 11.4. The number of methoxy groups -OCH3 is 2. The molecular formula is C13H26O3. The van der Waals surface area contributed by atoms with Gasteiger partial charge in [-0.2, -0.15) is 0 Å². The van der Waals surface area contributed by atoms with E-state index in [1.165, 1.54) is 7.11 Å². The Morgan fingerprint density at radius 1 is 1.19 bits per heavy atom. The van der Waals surface area contributed by atoms with E-state index in [0.29, 0.717) is 5.92 Å².